The van der Waals surface area contributed by atoms with Crippen LogP contribution >= 0.6 is 0 Å². The van der Waals surface area contributed by atoms with Gasteiger partial charge in [-0.1, -0.05) is 0 Å². The number of hydrogen-bond acceptors (Lipinski definition) is 4. The Hall–Kier alpha value is -2.70. The standard InChI is InChI=1S/C15H13FN2O4/c16-14-6-12(5-10-3-9(7-19)4-13(10)14)22-8-11-1-2-18(17-11)15(20)21/h1-2,5-7,9H,3-4,8H2,(H,20,21). The molecule has 0 aliphatic heterocycles. The van der Waals surface area contributed by atoms with E-state index in [-0.39, 0.29) is 18.3 Å². The number of nitrogens with zero attached hydrogens (tertiary/aromatic N) is 2. The van der Waals surface area contributed by atoms with Gasteiger partial charge >= 0.3 is 6.09 Å². The Kier molecular flexibility index (Phi) is 3.62. The number of carboxylic acid groups (broad SMARTS) is 1. The molecule has 2 aromatic rings. The zero-order chi connectivity index (χ0) is 15.7. The number of halogens is 1. The Morgan fingerprint density at radius 3 is 3.00 bits per heavy atom. The molecule has 0 radical (unpaired) electrons. The van der Waals surface area contributed by atoms with Crippen LogP contribution in [0.5, 0.6) is 5.75 Å². The first kappa shape index (κ1) is 14.2. The lowest BCUT2D eigenvalue weighted by Gasteiger charge is -2.08. The summed E-state index contributed by atoms with van der Waals surface area (Å²) in [6, 6.07) is 4.51. The van der Waals surface area contributed by atoms with Crippen LogP contribution in [0.25, 0.3) is 0 Å². The zero-order valence-electron chi connectivity index (χ0n) is 11.5. The Labute approximate surface area is 125 Å². The van der Waals surface area contributed by atoms with Crippen molar-refractivity contribution in [2.75, 3.05) is 0 Å². The number of aromatic nitrogens is 2. The monoisotopic (exact) mass is 304 g/mol. The largest absolute Gasteiger partial charge is 0.487 e. The molecule has 6 nitrogen and oxygen atoms in total. The van der Waals surface area contributed by atoms with Crippen molar-refractivity contribution >= 4 is 12.4 Å². The first-order valence-corrected chi connectivity index (χ1v) is 6.74. The van der Waals surface area contributed by atoms with Crippen LogP contribution in [-0.2, 0) is 24.2 Å². The number of hydrogen-bond donors (Lipinski definition) is 1. The molecule has 0 spiro atoms. The summed E-state index contributed by atoms with van der Waals surface area (Å²) < 4.78 is 20.2. The second kappa shape index (κ2) is 5.59. The number of rotatable bonds is 4. The third-order valence-electron chi connectivity index (χ3n) is 3.63. The Morgan fingerprint density at radius 2 is 2.32 bits per heavy atom. The van der Waals surface area contributed by atoms with Crippen molar-refractivity contribution in [2.45, 2.75) is 19.4 Å². The fraction of sp³-hybridized carbons (Fsp3) is 0.267. The smallest absolute Gasteiger partial charge is 0.432 e. The van der Waals surface area contributed by atoms with Crippen LogP contribution in [0, 0.1) is 11.7 Å². The first-order chi connectivity index (χ1) is 10.6. The van der Waals surface area contributed by atoms with Gasteiger partial charge < -0.3 is 14.6 Å². The van der Waals surface area contributed by atoms with Crippen molar-refractivity contribution in [2.24, 2.45) is 5.92 Å². The van der Waals surface area contributed by atoms with Crippen LogP contribution in [0.4, 0.5) is 9.18 Å². The van der Waals surface area contributed by atoms with Gasteiger partial charge in [0.05, 0.1) is 0 Å². The molecule has 1 unspecified atom stereocenters. The molecule has 3 rings (SSSR count). The normalized spacial score (nSPS) is 16.3. The molecule has 1 atom stereocenters. The molecule has 7 heteroatoms. The van der Waals surface area contributed by atoms with E-state index in [4.69, 9.17) is 9.84 Å². The molecule has 0 saturated carbocycles. The molecule has 1 aromatic heterocycles. The van der Waals surface area contributed by atoms with Crippen LogP contribution in [0.15, 0.2) is 24.4 Å². The van der Waals surface area contributed by atoms with E-state index >= 15 is 0 Å². The predicted molar refractivity (Wildman–Crippen MR) is 73.3 cm³/mol. The summed E-state index contributed by atoms with van der Waals surface area (Å²) in [5.41, 5.74) is 1.77. The van der Waals surface area contributed by atoms with E-state index < -0.39 is 6.09 Å². The van der Waals surface area contributed by atoms with Crippen LogP contribution in [0.1, 0.15) is 16.8 Å². The number of ether oxygens (including phenoxy) is 1. The number of fused-ring (bicyclic) bond motifs is 1. The molecule has 114 valence electrons. The molecule has 0 bridgehead atoms. The molecule has 0 saturated heterocycles. The number of carbonyl (C=O) groups excluding carboxylic acids is 1. The molecule has 1 aromatic carbocycles. The Balaban J connectivity index is 1.72. The van der Waals surface area contributed by atoms with Crippen molar-refractivity contribution < 1.29 is 23.8 Å². The minimum Gasteiger partial charge on any atom is -0.487 e. The minimum atomic E-state index is -1.19. The predicted octanol–water partition coefficient (Wildman–Crippen LogP) is 2.04. The van der Waals surface area contributed by atoms with Crippen molar-refractivity contribution in [1.82, 2.24) is 9.78 Å². The maximum atomic E-state index is 14.0. The molecule has 0 amide bonds. The summed E-state index contributed by atoms with van der Waals surface area (Å²) in [4.78, 5) is 21.5. The van der Waals surface area contributed by atoms with Crippen LogP contribution in [-0.4, -0.2) is 27.3 Å². The molecular weight excluding hydrogens is 291 g/mol. The summed E-state index contributed by atoms with van der Waals surface area (Å²) in [5.74, 6) is -0.216. The first-order valence-electron chi connectivity index (χ1n) is 6.74. The number of aldehydes is 1. The lowest BCUT2D eigenvalue weighted by atomic mass is 10.1. The molecule has 1 N–H and O–H groups in total. The Bertz CT molecular complexity index is 741. The summed E-state index contributed by atoms with van der Waals surface area (Å²) in [5, 5.41) is 12.6. The van der Waals surface area contributed by atoms with E-state index in [9.17, 15) is 14.0 Å². The van der Waals surface area contributed by atoms with Crippen LogP contribution < -0.4 is 4.74 Å². The maximum Gasteiger partial charge on any atom is 0.432 e. The molecule has 1 heterocycles. The number of benzene rings is 1. The highest BCUT2D eigenvalue weighted by Gasteiger charge is 2.24. The average Bonchev–Trinajstić information content (AvgIpc) is 3.11. The summed E-state index contributed by atoms with van der Waals surface area (Å²) in [6.45, 7) is 0.0373. The zero-order valence-corrected chi connectivity index (χ0v) is 11.5. The Morgan fingerprint density at radius 1 is 1.50 bits per heavy atom. The van der Waals surface area contributed by atoms with Crippen molar-refractivity contribution in [1.29, 1.82) is 0 Å². The van der Waals surface area contributed by atoms with E-state index in [0.717, 1.165) is 16.5 Å². The molecule has 0 fully saturated rings. The van der Waals surface area contributed by atoms with E-state index in [1.807, 2.05) is 0 Å². The average molecular weight is 304 g/mol. The SMILES string of the molecule is O=CC1Cc2cc(OCc3ccn(C(=O)O)n3)cc(F)c2C1. The highest BCUT2D eigenvalue weighted by atomic mass is 19.1. The van der Waals surface area contributed by atoms with Crippen LogP contribution in [0.2, 0.25) is 0 Å². The highest BCUT2D eigenvalue weighted by molar-refractivity contribution is 5.66. The van der Waals surface area contributed by atoms with E-state index in [2.05, 4.69) is 5.10 Å². The fourth-order valence-corrected chi connectivity index (χ4v) is 2.58. The third-order valence-corrected chi connectivity index (χ3v) is 3.63. The second-order valence-electron chi connectivity index (χ2n) is 5.17. The van der Waals surface area contributed by atoms with Gasteiger partial charge in [-0.2, -0.15) is 9.78 Å². The van der Waals surface area contributed by atoms with Gasteiger partial charge in [-0.15, -0.1) is 0 Å². The van der Waals surface area contributed by atoms with Crippen molar-refractivity contribution in [3.63, 3.8) is 0 Å². The van der Waals surface area contributed by atoms with Crippen molar-refractivity contribution in [3.05, 3.63) is 47.0 Å². The van der Waals surface area contributed by atoms with Crippen molar-refractivity contribution in [3.8, 4) is 5.75 Å². The summed E-state index contributed by atoms with van der Waals surface area (Å²) in [7, 11) is 0. The quantitative estimate of drug-likeness (QED) is 0.874. The van der Waals surface area contributed by atoms with E-state index in [1.165, 1.54) is 18.3 Å². The molecular formula is C15H13FN2O4. The second-order valence-corrected chi connectivity index (χ2v) is 5.17. The molecule has 22 heavy (non-hydrogen) atoms. The van der Waals surface area contributed by atoms with E-state index in [1.54, 1.807) is 6.07 Å². The van der Waals surface area contributed by atoms with E-state index in [0.29, 0.717) is 29.8 Å². The topological polar surface area (TPSA) is 81.4 Å². The fourth-order valence-electron chi connectivity index (χ4n) is 2.58. The van der Waals surface area contributed by atoms with Gasteiger partial charge in [0, 0.05) is 18.2 Å². The molecule has 1 aliphatic rings. The van der Waals surface area contributed by atoms with Gasteiger partial charge in [-0.3, -0.25) is 0 Å². The number of carbonyl (C=O) groups is 2. The van der Waals surface area contributed by atoms with Gasteiger partial charge in [0.2, 0.25) is 0 Å². The third kappa shape index (κ3) is 2.69. The summed E-state index contributed by atoms with van der Waals surface area (Å²) in [6.07, 6.45) is 1.90. The van der Waals surface area contributed by atoms with Crippen LogP contribution in [0.3, 0.4) is 0 Å². The van der Waals surface area contributed by atoms with Gasteiger partial charge in [0.1, 0.15) is 30.2 Å². The molecule has 1 aliphatic carbocycles. The lowest BCUT2D eigenvalue weighted by molar-refractivity contribution is -0.110. The van der Waals surface area contributed by atoms with Gasteiger partial charge in [0.15, 0.2) is 0 Å². The maximum absolute atomic E-state index is 14.0. The minimum absolute atomic E-state index is 0.0373. The van der Waals surface area contributed by atoms with Gasteiger partial charge in [0.25, 0.3) is 0 Å². The lowest BCUT2D eigenvalue weighted by Crippen LogP contribution is -2.09. The summed E-state index contributed by atoms with van der Waals surface area (Å²) >= 11 is 0. The van der Waals surface area contributed by atoms with Gasteiger partial charge in [-0.25, -0.2) is 9.18 Å². The van der Waals surface area contributed by atoms with Gasteiger partial charge in [-0.05, 0) is 36.1 Å². The highest BCUT2D eigenvalue weighted by Crippen LogP contribution is 2.31.